The molecule has 8 heteroatoms. The highest BCUT2D eigenvalue weighted by molar-refractivity contribution is 7.91. The zero-order valence-corrected chi connectivity index (χ0v) is 13.5. The molecule has 2 aliphatic rings. The number of nitrogens with one attached hydrogen (secondary N) is 2. The van der Waals surface area contributed by atoms with Gasteiger partial charge >= 0.3 is 0 Å². The van der Waals surface area contributed by atoms with Gasteiger partial charge < -0.3 is 10.6 Å². The van der Waals surface area contributed by atoms with Gasteiger partial charge in [-0.1, -0.05) is 0 Å². The van der Waals surface area contributed by atoms with Gasteiger partial charge in [0.2, 0.25) is 0 Å². The molecule has 2 N–H and O–H groups in total. The minimum atomic E-state index is -3.50. The Morgan fingerprint density at radius 3 is 2.19 bits per heavy atom. The molecule has 1 saturated heterocycles. The van der Waals surface area contributed by atoms with Crippen molar-refractivity contribution in [1.29, 1.82) is 0 Å². The van der Waals surface area contributed by atoms with E-state index in [1.165, 1.54) is 12.1 Å². The number of anilines is 1. The standard InChI is InChI=1S/C13H18N2O4S2/c1-20(16,17)8-3-4-11(12(5-8)21(2,18)19)15-13-9-6-14-7-10(9)13/h3-5,9-10,13-15H,6-7H2,1-2H3. The van der Waals surface area contributed by atoms with E-state index in [0.717, 1.165) is 25.6 Å². The molecule has 2 atom stereocenters. The van der Waals surface area contributed by atoms with Crippen LogP contribution >= 0.6 is 0 Å². The summed E-state index contributed by atoms with van der Waals surface area (Å²) in [6.45, 7) is 1.88. The summed E-state index contributed by atoms with van der Waals surface area (Å²) in [5.74, 6) is 1.07. The monoisotopic (exact) mass is 330 g/mol. The van der Waals surface area contributed by atoms with Crippen molar-refractivity contribution >= 4 is 25.4 Å². The first-order chi connectivity index (χ1) is 9.68. The van der Waals surface area contributed by atoms with Crippen molar-refractivity contribution in [1.82, 2.24) is 5.32 Å². The van der Waals surface area contributed by atoms with Gasteiger partial charge in [-0.3, -0.25) is 0 Å². The number of hydrogen-bond acceptors (Lipinski definition) is 6. The van der Waals surface area contributed by atoms with Gasteiger partial charge in [-0.15, -0.1) is 0 Å². The molecule has 0 bridgehead atoms. The quantitative estimate of drug-likeness (QED) is 0.815. The normalized spacial score (nSPS) is 28.2. The molecule has 21 heavy (non-hydrogen) atoms. The fourth-order valence-electron chi connectivity index (χ4n) is 2.97. The van der Waals surface area contributed by atoms with Gasteiger partial charge in [0.05, 0.1) is 15.5 Å². The number of fused-ring (bicyclic) bond motifs is 1. The fraction of sp³-hybridized carbons (Fsp3) is 0.538. The molecular weight excluding hydrogens is 312 g/mol. The van der Waals surface area contributed by atoms with Crippen LogP contribution in [0.5, 0.6) is 0 Å². The molecule has 6 nitrogen and oxygen atoms in total. The molecule has 1 saturated carbocycles. The molecular formula is C13H18N2O4S2. The maximum absolute atomic E-state index is 11.9. The van der Waals surface area contributed by atoms with Crippen molar-refractivity contribution in [3.05, 3.63) is 18.2 Å². The van der Waals surface area contributed by atoms with Crippen molar-refractivity contribution in [3.8, 4) is 0 Å². The Bertz CT molecular complexity index is 776. The summed E-state index contributed by atoms with van der Waals surface area (Å²) in [6.07, 6.45) is 2.16. The molecule has 3 rings (SSSR count). The Morgan fingerprint density at radius 2 is 1.67 bits per heavy atom. The van der Waals surface area contributed by atoms with Crippen LogP contribution in [0, 0.1) is 11.8 Å². The van der Waals surface area contributed by atoms with Gasteiger partial charge in [0.1, 0.15) is 0 Å². The predicted molar refractivity (Wildman–Crippen MR) is 79.9 cm³/mol. The topological polar surface area (TPSA) is 92.3 Å². The Kier molecular flexibility index (Phi) is 3.30. The molecule has 1 heterocycles. The number of rotatable bonds is 4. The van der Waals surface area contributed by atoms with E-state index in [2.05, 4.69) is 10.6 Å². The third kappa shape index (κ3) is 2.79. The highest BCUT2D eigenvalue weighted by Gasteiger charge is 2.53. The smallest absolute Gasteiger partial charge is 0.177 e. The lowest BCUT2D eigenvalue weighted by atomic mass is 10.3. The lowest BCUT2D eigenvalue weighted by Crippen LogP contribution is -2.22. The molecule has 116 valence electrons. The third-order valence-corrected chi connectivity index (χ3v) is 6.44. The van der Waals surface area contributed by atoms with Crippen molar-refractivity contribution < 1.29 is 16.8 Å². The SMILES string of the molecule is CS(=O)(=O)c1ccc(NC2C3CNCC32)c(S(C)(=O)=O)c1. The summed E-state index contributed by atoms with van der Waals surface area (Å²) in [7, 11) is -6.93. The number of sulfone groups is 2. The second-order valence-electron chi connectivity index (χ2n) is 5.86. The second kappa shape index (κ2) is 4.69. The van der Waals surface area contributed by atoms with Crippen LogP contribution in [0.15, 0.2) is 28.0 Å². The van der Waals surface area contributed by atoms with E-state index in [9.17, 15) is 16.8 Å². The molecule has 0 aromatic heterocycles. The molecule has 1 aliphatic heterocycles. The van der Waals surface area contributed by atoms with Gasteiger partial charge in [-0.05, 0) is 30.0 Å². The maximum atomic E-state index is 11.9. The van der Waals surface area contributed by atoms with Crippen LogP contribution in [0.1, 0.15) is 0 Å². The van der Waals surface area contributed by atoms with E-state index >= 15 is 0 Å². The Hall–Kier alpha value is -1.12. The van der Waals surface area contributed by atoms with Crippen LogP contribution in [-0.2, 0) is 19.7 Å². The van der Waals surface area contributed by atoms with Crippen LogP contribution in [-0.4, -0.2) is 48.5 Å². The van der Waals surface area contributed by atoms with Crippen molar-refractivity contribution in [3.63, 3.8) is 0 Å². The van der Waals surface area contributed by atoms with Crippen molar-refractivity contribution in [2.24, 2.45) is 11.8 Å². The summed E-state index contributed by atoms with van der Waals surface area (Å²) < 4.78 is 47.1. The van der Waals surface area contributed by atoms with E-state index in [4.69, 9.17) is 0 Å². The minimum absolute atomic E-state index is 0.0196. The predicted octanol–water partition coefficient (Wildman–Crippen LogP) is 0.123. The van der Waals surface area contributed by atoms with Crippen molar-refractivity contribution in [2.45, 2.75) is 15.8 Å². The summed E-state index contributed by atoms with van der Waals surface area (Å²) in [5.41, 5.74) is 0.490. The van der Waals surface area contributed by atoms with Gasteiger partial charge in [0.15, 0.2) is 19.7 Å². The maximum Gasteiger partial charge on any atom is 0.177 e. The first-order valence-electron chi connectivity index (χ1n) is 6.69. The van der Waals surface area contributed by atoms with Crippen LogP contribution in [0.4, 0.5) is 5.69 Å². The molecule has 2 fully saturated rings. The minimum Gasteiger partial charge on any atom is -0.381 e. The molecule has 0 amide bonds. The largest absolute Gasteiger partial charge is 0.381 e. The van der Waals surface area contributed by atoms with E-state index in [-0.39, 0.29) is 15.8 Å². The first-order valence-corrected chi connectivity index (χ1v) is 10.5. The van der Waals surface area contributed by atoms with Gasteiger partial charge in [-0.2, -0.15) is 0 Å². The zero-order chi connectivity index (χ0) is 15.4. The average Bonchev–Trinajstić information content (AvgIpc) is 2.81. The molecule has 1 aromatic rings. The Labute approximate surface area is 124 Å². The molecule has 1 aliphatic carbocycles. The Balaban J connectivity index is 1.96. The van der Waals surface area contributed by atoms with Gasteiger partial charge in [0.25, 0.3) is 0 Å². The molecule has 0 spiro atoms. The van der Waals surface area contributed by atoms with Crippen molar-refractivity contribution in [2.75, 3.05) is 30.9 Å². The van der Waals surface area contributed by atoms with Gasteiger partial charge in [-0.25, -0.2) is 16.8 Å². The number of piperidine rings is 1. The highest BCUT2D eigenvalue weighted by atomic mass is 32.2. The van der Waals surface area contributed by atoms with E-state index in [1.807, 2.05) is 0 Å². The molecule has 0 radical (unpaired) electrons. The number of benzene rings is 1. The van der Waals surface area contributed by atoms with E-state index in [1.54, 1.807) is 6.07 Å². The summed E-state index contributed by atoms with van der Waals surface area (Å²) in [4.78, 5) is 0.0643. The number of hydrogen-bond donors (Lipinski definition) is 2. The third-order valence-electron chi connectivity index (χ3n) is 4.19. The van der Waals surface area contributed by atoms with Crippen LogP contribution in [0.2, 0.25) is 0 Å². The van der Waals surface area contributed by atoms with Gasteiger partial charge in [0, 0.05) is 31.6 Å². The molecule has 1 aromatic carbocycles. The lowest BCUT2D eigenvalue weighted by molar-refractivity contribution is 0.600. The first kappa shape index (κ1) is 14.8. The summed E-state index contributed by atoms with van der Waals surface area (Å²) in [5, 5.41) is 6.53. The van der Waals surface area contributed by atoms with Crippen LogP contribution in [0.3, 0.4) is 0 Å². The fourth-order valence-corrected chi connectivity index (χ4v) is 4.56. The summed E-state index contributed by atoms with van der Waals surface area (Å²) >= 11 is 0. The zero-order valence-electron chi connectivity index (χ0n) is 11.8. The highest BCUT2D eigenvalue weighted by Crippen LogP contribution is 2.44. The molecule has 2 unspecified atom stereocenters. The van der Waals surface area contributed by atoms with E-state index < -0.39 is 19.7 Å². The summed E-state index contributed by atoms with van der Waals surface area (Å²) in [6, 6.07) is 4.51. The second-order valence-corrected chi connectivity index (χ2v) is 9.86. The average molecular weight is 330 g/mol. The lowest BCUT2D eigenvalue weighted by Gasteiger charge is -2.14. The van der Waals surface area contributed by atoms with Crippen LogP contribution in [0.25, 0.3) is 0 Å². The van der Waals surface area contributed by atoms with E-state index in [0.29, 0.717) is 17.5 Å². The Morgan fingerprint density at radius 1 is 1.05 bits per heavy atom. The van der Waals surface area contributed by atoms with Crippen LogP contribution < -0.4 is 10.6 Å².